The maximum Gasteiger partial charge on any atom is 0.262 e. The van der Waals surface area contributed by atoms with Gasteiger partial charge < -0.3 is 0 Å². The molecule has 0 unspecified atom stereocenters. The average molecular weight is 248 g/mol. The monoisotopic (exact) mass is 248 g/mol. The molecule has 2 rings (SSSR count). The summed E-state index contributed by atoms with van der Waals surface area (Å²) in [5.41, 5.74) is 1.01. The Hall–Kier alpha value is -1.42. The van der Waals surface area contributed by atoms with Gasteiger partial charge in [-0.25, -0.2) is 4.98 Å². The van der Waals surface area contributed by atoms with E-state index in [0.29, 0.717) is 6.54 Å². The molecular formula is C13H16N2OS. The van der Waals surface area contributed by atoms with Gasteiger partial charge in [-0.15, -0.1) is 11.3 Å². The van der Waals surface area contributed by atoms with Gasteiger partial charge >= 0.3 is 0 Å². The molecule has 0 spiro atoms. The van der Waals surface area contributed by atoms with Crippen molar-refractivity contribution in [3.05, 3.63) is 39.3 Å². The Morgan fingerprint density at radius 3 is 2.88 bits per heavy atom. The van der Waals surface area contributed by atoms with Crippen molar-refractivity contribution in [3.63, 3.8) is 0 Å². The van der Waals surface area contributed by atoms with Crippen LogP contribution in [0, 0.1) is 6.92 Å². The number of aryl methyl sites for hydroxylation is 2. The summed E-state index contributed by atoms with van der Waals surface area (Å²) in [4.78, 5) is 18.9. The summed E-state index contributed by atoms with van der Waals surface area (Å²) in [6, 6.07) is 1.96. The van der Waals surface area contributed by atoms with Gasteiger partial charge in [0.25, 0.3) is 5.56 Å². The molecular weight excluding hydrogens is 232 g/mol. The van der Waals surface area contributed by atoms with Gasteiger partial charge in [0.2, 0.25) is 0 Å². The first-order valence-corrected chi connectivity index (χ1v) is 6.48. The largest absolute Gasteiger partial charge is 0.292 e. The van der Waals surface area contributed by atoms with Crippen molar-refractivity contribution in [1.82, 2.24) is 9.55 Å². The van der Waals surface area contributed by atoms with Crippen LogP contribution >= 0.6 is 11.3 Å². The van der Waals surface area contributed by atoms with Crippen LogP contribution in [0.25, 0.3) is 10.2 Å². The highest BCUT2D eigenvalue weighted by molar-refractivity contribution is 7.18. The molecule has 0 bridgehead atoms. The minimum atomic E-state index is 0.0476. The van der Waals surface area contributed by atoms with Crippen LogP contribution in [0.15, 0.2) is 23.0 Å². The second kappa shape index (κ2) is 4.45. The summed E-state index contributed by atoms with van der Waals surface area (Å²) in [6.45, 7) is 10.3. The van der Waals surface area contributed by atoms with E-state index in [0.717, 1.165) is 28.0 Å². The SMILES string of the molecule is C=C(C)Cn1c(C)nc2sc(CC)cc2c1=O. The molecule has 2 heterocycles. The fraction of sp³-hybridized carbons (Fsp3) is 0.385. The van der Waals surface area contributed by atoms with Gasteiger partial charge in [-0.2, -0.15) is 0 Å². The molecule has 0 aliphatic heterocycles. The summed E-state index contributed by atoms with van der Waals surface area (Å²) in [5, 5.41) is 0.735. The molecule has 0 aliphatic carbocycles. The van der Waals surface area contributed by atoms with Crippen molar-refractivity contribution in [2.75, 3.05) is 0 Å². The number of allylic oxidation sites excluding steroid dienone is 1. The number of hydrogen-bond acceptors (Lipinski definition) is 3. The summed E-state index contributed by atoms with van der Waals surface area (Å²) in [6.07, 6.45) is 0.944. The van der Waals surface area contributed by atoms with Crippen LogP contribution in [0.3, 0.4) is 0 Å². The zero-order valence-electron chi connectivity index (χ0n) is 10.4. The van der Waals surface area contributed by atoms with E-state index in [1.54, 1.807) is 15.9 Å². The maximum absolute atomic E-state index is 12.3. The average Bonchev–Trinajstić information content (AvgIpc) is 2.67. The standard InChI is InChI=1S/C13H16N2OS/c1-5-10-6-11-12(17-10)14-9(4)15(13(11)16)7-8(2)3/h6H,2,5,7H2,1,3-4H3. The molecule has 0 N–H and O–H groups in total. The second-order valence-corrected chi connectivity index (χ2v) is 5.41. The van der Waals surface area contributed by atoms with Crippen LogP contribution in [-0.2, 0) is 13.0 Å². The smallest absolute Gasteiger partial charge is 0.262 e. The highest BCUT2D eigenvalue weighted by Crippen LogP contribution is 2.22. The number of nitrogens with zero attached hydrogens (tertiary/aromatic N) is 2. The molecule has 0 amide bonds. The molecule has 2 aromatic heterocycles. The number of hydrogen-bond donors (Lipinski definition) is 0. The van der Waals surface area contributed by atoms with E-state index in [2.05, 4.69) is 18.5 Å². The van der Waals surface area contributed by atoms with Gasteiger partial charge in [-0.05, 0) is 26.3 Å². The third kappa shape index (κ3) is 2.17. The van der Waals surface area contributed by atoms with Crippen molar-refractivity contribution in [2.24, 2.45) is 0 Å². The third-order valence-corrected chi connectivity index (χ3v) is 3.84. The first-order valence-electron chi connectivity index (χ1n) is 5.67. The van der Waals surface area contributed by atoms with Gasteiger partial charge in [0.05, 0.1) is 5.39 Å². The lowest BCUT2D eigenvalue weighted by atomic mass is 10.3. The fourth-order valence-corrected chi connectivity index (χ4v) is 2.80. The normalized spacial score (nSPS) is 11.0. The molecule has 0 atom stereocenters. The fourth-order valence-electron chi connectivity index (χ4n) is 1.80. The minimum Gasteiger partial charge on any atom is -0.292 e. The molecule has 4 heteroatoms. The van der Waals surface area contributed by atoms with Crippen LogP contribution in [0.4, 0.5) is 0 Å². The van der Waals surface area contributed by atoms with E-state index in [4.69, 9.17) is 0 Å². The van der Waals surface area contributed by atoms with Crippen LogP contribution in [0.2, 0.25) is 0 Å². The molecule has 0 saturated carbocycles. The van der Waals surface area contributed by atoms with E-state index in [9.17, 15) is 4.79 Å². The summed E-state index contributed by atoms with van der Waals surface area (Å²) < 4.78 is 1.69. The van der Waals surface area contributed by atoms with E-state index in [1.165, 1.54) is 4.88 Å². The van der Waals surface area contributed by atoms with Crippen molar-refractivity contribution >= 4 is 21.6 Å². The predicted octanol–water partition coefficient (Wildman–Crippen LogP) is 2.90. The molecule has 17 heavy (non-hydrogen) atoms. The second-order valence-electron chi connectivity index (χ2n) is 4.29. The summed E-state index contributed by atoms with van der Waals surface area (Å²) in [5.74, 6) is 0.759. The summed E-state index contributed by atoms with van der Waals surface area (Å²) >= 11 is 1.61. The highest BCUT2D eigenvalue weighted by Gasteiger charge is 2.11. The molecule has 0 aliphatic rings. The number of thiophene rings is 1. The van der Waals surface area contributed by atoms with Crippen LogP contribution in [-0.4, -0.2) is 9.55 Å². The number of rotatable bonds is 3. The predicted molar refractivity (Wildman–Crippen MR) is 72.8 cm³/mol. The van der Waals surface area contributed by atoms with Gasteiger partial charge in [-0.1, -0.05) is 19.1 Å². The molecule has 2 aromatic rings. The van der Waals surface area contributed by atoms with Crippen molar-refractivity contribution in [3.8, 4) is 0 Å². The van der Waals surface area contributed by atoms with Crippen LogP contribution < -0.4 is 5.56 Å². The first kappa shape index (κ1) is 12.0. The first-order chi connectivity index (χ1) is 8.02. The lowest BCUT2D eigenvalue weighted by Crippen LogP contribution is -2.23. The number of fused-ring (bicyclic) bond motifs is 1. The molecule has 0 saturated heterocycles. The zero-order valence-corrected chi connectivity index (χ0v) is 11.2. The summed E-state index contributed by atoms with van der Waals surface area (Å²) in [7, 11) is 0. The quantitative estimate of drug-likeness (QED) is 0.783. The van der Waals surface area contributed by atoms with Gasteiger partial charge in [0.15, 0.2) is 0 Å². The van der Waals surface area contributed by atoms with Gasteiger partial charge in [0.1, 0.15) is 10.7 Å². The third-order valence-electron chi connectivity index (χ3n) is 2.67. The number of aromatic nitrogens is 2. The Kier molecular flexibility index (Phi) is 3.15. The van der Waals surface area contributed by atoms with E-state index < -0.39 is 0 Å². The van der Waals surface area contributed by atoms with Crippen LogP contribution in [0.1, 0.15) is 24.5 Å². The highest BCUT2D eigenvalue weighted by atomic mass is 32.1. The maximum atomic E-state index is 12.3. The zero-order chi connectivity index (χ0) is 12.6. The Morgan fingerprint density at radius 2 is 2.29 bits per heavy atom. The van der Waals surface area contributed by atoms with Crippen molar-refractivity contribution < 1.29 is 0 Å². The lowest BCUT2D eigenvalue weighted by molar-refractivity contribution is 0.705. The lowest BCUT2D eigenvalue weighted by Gasteiger charge is -2.08. The van der Waals surface area contributed by atoms with Gasteiger partial charge in [0, 0.05) is 11.4 Å². The molecule has 0 aromatic carbocycles. The molecule has 0 fully saturated rings. The Balaban J connectivity index is 2.70. The molecule has 0 radical (unpaired) electrons. The van der Waals surface area contributed by atoms with E-state index in [-0.39, 0.29) is 5.56 Å². The van der Waals surface area contributed by atoms with E-state index in [1.807, 2.05) is 19.9 Å². The Bertz CT molecular complexity index is 637. The van der Waals surface area contributed by atoms with Crippen molar-refractivity contribution in [1.29, 1.82) is 0 Å². The Morgan fingerprint density at radius 1 is 1.59 bits per heavy atom. The topological polar surface area (TPSA) is 34.9 Å². The van der Waals surface area contributed by atoms with Crippen LogP contribution in [0.5, 0.6) is 0 Å². The molecule has 90 valence electrons. The molecule has 3 nitrogen and oxygen atoms in total. The Labute approximate surface area is 104 Å². The van der Waals surface area contributed by atoms with Crippen molar-refractivity contribution in [2.45, 2.75) is 33.7 Å². The van der Waals surface area contributed by atoms with E-state index >= 15 is 0 Å². The minimum absolute atomic E-state index is 0.0476. The van der Waals surface area contributed by atoms with Gasteiger partial charge in [-0.3, -0.25) is 9.36 Å².